The zero-order valence-corrected chi connectivity index (χ0v) is 10.3. The smallest absolute Gasteiger partial charge is 0.380 e. The van der Waals surface area contributed by atoms with Crippen molar-refractivity contribution in [2.24, 2.45) is 0 Å². The molecule has 0 aliphatic carbocycles. The zero-order chi connectivity index (χ0) is 14.0. The summed E-state index contributed by atoms with van der Waals surface area (Å²) >= 11 is 0. The van der Waals surface area contributed by atoms with Crippen molar-refractivity contribution in [1.29, 1.82) is 0 Å². The predicted molar refractivity (Wildman–Crippen MR) is 65.3 cm³/mol. The van der Waals surface area contributed by atoms with Crippen molar-refractivity contribution < 1.29 is 17.7 Å². The van der Waals surface area contributed by atoms with Crippen LogP contribution in [0.3, 0.4) is 0 Å². The number of aromatic nitrogens is 1. The van der Waals surface area contributed by atoms with E-state index in [1.165, 1.54) is 6.07 Å². The van der Waals surface area contributed by atoms with Gasteiger partial charge in [-0.25, -0.2) is 0 Å². The minimum Gasteiger partial charge on any atom is -0.380 e. The lowest BCUT2D eigenvalue weighted by Gasteiger charge is -2.08. The average molecular weight is 270 g/mol. The second kappa shape index (κ2) is 4.95. The standard InChI is InChI=1S/C13H13F3N2O/c1-2-4-10-11(12(17)18-19-10)8-5-3-6-9(7-8)13(14,15)16/h3,5-7H,2,4H2,1H3,(H2,17,18). The minimum atomic E-state index is -4.38. The van der Waals surface area contributed by atoms with Gasteiger partial charge in [-0.05, 0) is 24.1 Å². The monoisotopic (exact) mass is 270 g/mol. The molecular formula is C13H13F3N2O. The molecule has 0 saturated carbocycles. The van der Waals surface area contributed by atoms with Crippen molar-refractivity contribution in [1.82, 2.24) is 5.16 Å². The number of hydrogen-bond donors (Lipinski definition) is 1. The summed E-state index contributed by atoms with van der Waals surface area (Å²) < 4.78 is 43.1. The molecule has 102 valence electrons. The van der Waals surface area contributed by atoms with Crippen LogP contribution in [0.4, 0.5) is 19.0 Å². The SMILES string of the molecule is CCCc1onc(N)c1-c1cccc(C(F)(F)F)c1. The second-order valence-electron chi connectivity index (χ2n) is 4.19. The van der Waals surface area contributed by atoms with Crippen molar-refractivity contribution in [3.8, 4) is 11.1 Å². The van der Waals surface area contributed by atoms with Gasteiger partial charge in [0, 0.05) is 6.42 Å². The highest BCUT2D eigenvalue weighted by molar-refractivity contribution is 5.76. The van der Waals surface area contributed by atoms with E-state index in [-0.39, 0.29) is 5.82 Å². The number of aryl methyl sites for hydroxylation is 1. The Bertz CT molecular complexity index is 576. The van der Waals surface area contributed by atoms with E-state index in [0.29, 0.717) is 23.3 Å². The summed E-state index contributed by atoms with van der Waals surface area (Å²) in [6.45, 7) is 1.94. The van der Waals surface area contributed by atoms with Gasteiger partial charge in [0.05, 0.1) is 11.1 Å². The van der Waals surface area contributed by atoms with Crippen molar-refractivity contribution in [3.63, 3.8) is 0 Å². The molecule has 0 radical (unpaired) electrons. The fourth-order valence-electron chi connectivity index (χ4n) is 1.90. The summed E-state index contributed by atoms with van der Waals surface area (Å²) in [7, 11) is 0. The molecule has 2 N–H and O–H groups in total. The largest absolute Gasteiger partial charge is 0.416 e. The third kappa shape index (κ3) is 2.72. The summed E-state index contributed by atoms with van der Waals surface area (Å²) in [4.78, 5) is 0. The van der Waals surface area contributed by atoms with Gasteiger partial charge in [0.1, 0.15) is 5.76 Å². The number of nitrogens with two attached hydrogens (primary N) is 1. The zero-order valence-electron chi connectivity index (χ0n) is 10.3. The van der Waals surface area contributed by atoms with Crippen molar-refractivity contribution in [2.75, 3.05) is 5.73 Å². The molecule has 0 amide bonds. The highest BCUT2D eigenvalue weighted by Gasteiger charge is 2.31. The fraction of sp³-hybridized carbons (Fsp3) is 0.308. The Kier molecular flexibility index (Phi) is 3.50. The molecule has 0 fully saturated rings. The lowest BCUT2D eigenvalue weighted by atomic mass is 10.0. The maximum Gasteiger partial charge on any atom is 0.416 e. The van der Waals surface area contributed by atoms with Gasteiger partial charge in [-0.2, -0.15) is 13.2 Å². The summed E-state index contributed by atoms with van der Waals surface area (Å²) in [5, 5.41) is 3.62. The number of nitrogens with zero attached hydrogens (tertiary/aromatic N) is 1. The Hall–Kier alpha value is -1.98. The van der Waals surface area contributed by atoms with Gasteiger partial charge in [-0.1, -0.05) is 24.2 Å². The van der Waals surface area contributed by atoms with Crippen LogP contribution in [0.15, 0.2) is 28.8 Å². The lowest BCUT2D eigenvalue weighted by Crippen LogP contribution is -2.04. The number of anilines is 1. The molecule has 19 heavy (non-hydrogen) atoms. The molecule has 0 unspecified atom stereocenters. The van der Waals surface area contributed by atoms with Crippen LogP contribution in [-0.4, -0.2) is 5.16 Å². The Balaban J connectivity index is 2.50. The van der Waals surface area contributed by atoms with Crippen molar-refractivity contribution >= 4 is 5.82 Å². The van der Waals surface area contributed by atoms with Crippen LogP contribution >= 0.6 is 0 Å². The van der Waals surface area contributed by atoms with Crippen LogP contribution in [0.1, 0.15) is 24.7 Å². The highest BCUT2D eigenvalue weighted by atomic mass is 19.4. The van der Waals surface area contributed by atoms with Crippen LogP contribution in [-0.2, 0) is 12.6 Å². The van der Waals surface area contributed by atoms with Crippen LogP contribution in [0, 0.1) is 0 Å². The van der Waals surface area contributed by atoms with E-state index < -0.39 is 11.7 Å². The summed E-state index contributed by atoms with van der Waals surface area (Å²) in [5.41, 5.74) is 5.79. The first-order valence-electron chi connectivity index (χ1n) is 5.85. The molecule has 0 spiro atoms. The summed E-state index contributed by atoms with van der Waals surface area (Å²) in [6, 6.07) is 4.99. The van der Waals surface area contributed by atoms with Gasteiger partial charge in [0.2, 0.25) is 0 Å². The Morgan fingerprint density at radius 2 is 2.05 bits per heavy atom. The molecule has 1 aromatic carbocycles. The number of benzene rings is 1. The van der Waals surface area contributed by atoms with Gasteiger partial charge in [0.25, 0.3) is 0 Å². The average Bonchev–Trinajstić information content (AvgIpc) is 2.70. The molecule has 6 heteroatoms. The predicted octanol–water partition coefficient (Wildman–Crippen LogP) is 3.90. The molecule has 0 aliphatic rings. The van der Waals surface area contributed by atoms with E-state index in [1.807, 2.05) is 6.92 Å². The molecule has 0 atom stereocenters. The molecule has 1 heterocycles. The van der Waals surface area contributed by atoms with Crippen LogP contribution in [0.25, 0.3) is 11.1 Å². The number of alkyl halides is 3. The molecule has 2 aromatic rings. The fourth-order valence-corrected chi connectivity index (χ4v) is 1.90. The number of rotatable bonds is 3. The first kappa shape index (κ1) is 13.5. The van der Waals surface area contributed by atoms with Gasteiger partial charge >= 0.3 is 6.18 Å². The topological polar surface area (TPSA) is 52.0 Å². The second-order valence-corrected chi connectivity index (χ2v) is 4.19. The van der Waals surface area contributed by atoms with Crippen LogP contribution in [0.5, 0.6) is 0 Å². The van der Waals surface area contributed by atoms with E-state index >= 15 is 0 Å². The maximum absolute atomic E-state index is 12.7. The van der Waals surface area contributed by atoms with E-state index in [4.69, 9.17) is 10.3 Å². The van der Waals surface area contributed by atoms with E-state index in [0.717, 1.165) is 18.6 Å². The third-order valence-corrected chi connectivity index (χ3v) is 2.74. The third-order valence-electron chi connectivity index (χ3n) is 2.74. The van der Waals surface area contributed by atoms with E-state index in [2.05, 4.69) is 5.16 Å². The van der Waals surface area contributed by atoms with Gasteiger partial charge in [0.15, 0.2) is 5.82 Å². The number of nitrogen functional groups attached to an aromatic ring is 1. The Morgan fingerprint density at radius 1 is 1.32 bits per heavy atom. The normalized spacial score (nSPS) is 11.8. The lowest BCUT2D eigenvalue weighted by molar-refractivity contribution is -0.137. The van der Waals surface area contributed by atoms with Crippen molar-refractivity contribution in [3.05, 3.63) is 35.6 Å². The van der Waals surface area contributed by atoms with Gasteiger partial charge < -0.3 is 10.3 Å². The molecule has 0 saturated heterocycles. The molecule has 2 rings (SSSR count). The van der Waals surface area contributed by atoms with Crippen LogP contribution in [0.2, 0.25) is 0 Å². The molecule has 0 aliphatic heterocycles. The maximum atomic E-state index is 12.7. The number of halogens is 3. The van der Waals surface area contributed by atoms with Crippen molar-refractivity contribution in [2.45, 2.75) is 25.9 Å². The summed E-state index contributed by atoms with van der Waals surface area (Å²) in [5.74, 6) is 0.627. The Morgan fingerprint density at radius 3 is 2.68 bits per heavy atom. The summed E-state index contributed by atoms with van der Waals surface area (Å²) in [6.07, 6.45) is -3.01. The highest BCUT2D eigenvalue weighted by Crippen LogP contribution is 2.35. The molecule has 0 bridgehead atoms. The van der Waals surface area contributed by atoms with E-state index in [9.17, 15) is 13.2 Å². The first-order chi connectivity index (χ1) is 8.93. The number of hydrogen-bond acceptors (Lipinski definition) is 3. The molecule has 3 nitrogen and oxygen atoms in total. The Labute approximate surface area is 108 Å². The minimum absolute atomic E-state index is 0.114. The van der Waals surface area contributed by atoms with Gasteiger partial charge in [-0.3, -0.25) is 0 Å². The van der Waals surface area contributed by atoms with E-state index in [1.54, 1.807) is 6.07 Å². The van der Waals surface area contributed by atoms with Gasteiger partial charge in [-0.15, -0.1) is 0 Å². The molecule has 1 aromatic heterocycles. The molecular weight excluding hydrogens is 257 g/mol. The quantitative estimate of drug-likeness (QED) is 0.920. The van der Waals surface area contributed by atoms with Crippen LogP contribution < -0.4 is 5.73 Å². The first-order valence-corrected chi connectivity index (χ1v) is 5.85.